The van der Waals surface area contributed by atoms with Gasteiger partial charge in [-0.05, 0) is 37.2 Å². The molecular formula is C17H23N3. The lowest BCUT2D eigenvalue weighted by molar-refractivity contribution is 0.287. The van der Waals surface area contributed by atoms with Gasteiger partial charge in [0.2, 0.25) is 0 Å². The summed E-state index contributed by atoms with van der Waals surface area (Å²) >= 11 is 0. The summed E-state index contributed by atoms with van der Waals surface area (Å²) in [5.74, 6) is 0. The fraction of sp³-hybridized carbons (Fsp3) is 0.353. The number of aromatic nitrogens is 1. The summed E-state index contributed by atoms with van der Waals surface area (Å²) in [5.41, 5.74) is 3.65. The van der Waals surface area contributed by atoms with Crippen molar-refractivity contribution >= 4 is 5.69 Å². The molecule has 1 heterocycles. The summed E-state index contributed by atoms with van der Waals surface area (Å²) < 4.78 is 0. The number of anilines is 1. The lowest BCUT2D eigenvalue weighted by Gasteiger charge is -2.20. The Hall–Kier alpha value is -1.87. The van der Waals surface area contributed by atoms with Crippen LogP contribution in [-0.4, -0.2) is 29.5 Å². The number of nitrogens with one attached hydrogen (secondary N) is 1. The van der Waals surface area contributed by atoms with Crippen molar-refractivity contribution in [3.05, 3.63) is 59.9 Å². The predicted octanol–water partition coefficient (Wildman–Crippen LogP) is 3.32. The second kappa shape index (κ2) is 7.65. The number of nitrogens with zero attached hydrogens (tertiary/aromatic N) is 2. The van der Waals surface area contributed by atoms with Crippen molar-refractivity contribution < 1.29 is 0 Å². The van der Waals surface area contributed by atoms with Gasteiger partial charge in [0.15, 0.2) is 0 Å². The van der Waals surface area contributed by atoms with E-state index in [1.165, 1.54) is 11.3 Å². The molecule has 0 radical (unpaired) electrons. The quantitative estimate of drug-likeness (QED) is 0.835. The van der Waals surface area contributed by atoms with Crippen LogP contribution in [0.2, 0.25) is 0 Å². The van der Waals surface area contributed by atoms with Gasteiger partial charge in [0.05, 0.1) is 5.69 Å². The van der Waals surface area contributed by atoms with Crippen LogP contribution < -0.4 is 5.32 Å². The Morgan fingerprint density at radius 1 is 1.10 bits per heavy atom. The summed E-state index contributed by atoms with van der Waals surface area (Å²) in [6.45, 7) is 8.23. The predicted molar refractivity (Wildman–Crippen MR) is 84.9 cm³/mol. The molecule has 0 saturated heterocycles. The van der Waals surface area contributed by atoms with E-state index in [0.29, 0.717) is 0 Å². The summed E-state index contributed by atoms with van der Waals surface area (Å²) in [4.78, 5) is 6.78. The van der Waals surface area contributed by atoms with Crippen molar-refractivity contribution in [3.8, 4) is 0 Å². The van der Waals surface area contributed by atoms with Crippen molar-refractivity contribution in [3.63, 3.8) is 0 Å². The molecule has 0 aliphatic rings. The van der Waals surface area contributed by atoms with Gasteiger partial charge in [0, 0.05) is 31.5 Å². The molecule has 0 fully saturated rings. The van der Waals surface area contributed by atoms with Crippen molar-refractivity contribution in [2.75, 3.05) is 25.0 Å². The number of para-hydroxylation sites is 1. The topological polar surface area (TPSA) is 28.2 Å². The largest absolute Gasteiger partial charge is 0.384 e. The fourth-order valence-electron chi connectivity index (χ4n) is 2.19. The number of likely N-dealkylation sites (N-methyl/N-ethyl adjacent to an activating group) is 1. The van der Waals surface area contributed by atoms with Gasteiger partial charge >= 0.3 is 0 Å². The summed E-state index contributed by atoms with van der Waals surface area (Å²) in [5, 5.41) is 3.50. The van der Waals surface area contributed by atoms with E-state index in [2.05, 4.69) is 59.4 Å². The number of hydrogen-bond acceptors (Lipinski definition) is 3. The Labute approximate surface area is 121 Å². The molecule has 0 aliphatic heterocycles. The molecule has 0 amide bonds. The van der Waals surface area contributed by atoms with Gasteiger partial charge in [-0.25, -0.2) is 0 Å². The fourth-order valence-corrected chi connectivity index (χ4v) is 2.19. The molecule has 20 heavy (non-hydrogen) atoms. The molecule has 0 unspecified atom stereocenters. The molecule has 0 aliphatic carbocycles. The molecule has 106 valence electrons. The van der Waals surface area contributed by atoms with E-state index in [4.69, 9.17) is 0 Å². The first-order valence-corrected chi connectivity index (χ1v) is 7.21. The maximum Gasteiger partial charge on any atom is 0.0543 e. The molecule has 2 rings (SSSR count). The van der Waals surface area contributed by atoms with Crippen LogP contribution in [0.15, 0.2) is 48.7 Å². The van der Waals surface area contributed by atoms with Crippen LogP contribution in [0, 0.1) is 6.92 Å². The summed E-state index contributed by atoms with van der Waals surface area (Å²) in [7, 11) is 0. The molecule has 0 atom stereocenters. The Bertz CT molecular complexity index is 511. The van der Waals surface area contributed by atoms with E-state index in [-0.39, 0.29) is 0 Å². The van der Waals surface area contributed by atoms with Gasteiger partial charge in [-0.1, -0.05) is 31.2 Å². The first kappa shape index (κ1) is 14.5. The molecule has 3 nitrogen and oxygen atoms in total. The SMILES string of the molecule is CCN(CCNc1ccccc1C)Cc1ccccn1. The lowest BCUT2D eigenvalue weighted by atomic mass is 10.2. The van der Waals surface area contributed by atoms with Gasteiger partial charge in [-0.3, -0.25) is 9.88 Å². The van der Waals surface area contributed by atoms with E-state index in [1.807, 2.05) is 18.3 Å². The highest BCUT2D eigenvalue weighted by molar-refractivity contribution is 5.50. The van der Waals surface area contributed by atoms with Gasteiger partial charge in [0.25, 0.3) is 0 Å². The van der Waals surface area contributed by atoms with Crippen molar-refractivity contribution in [1.82, 2.24) is 9.88 Å². The Balaban J connectivity index is 1.81. The zero-order valence-corrected chi connectivity index (χ0v) is 12.3. The number of hydrogen-bond donors (Lipinski definition) is 1. The van der Waals surface area contributed by atoms with Crippen LogP contribution in [0.1, 0.15) is 18.2 Å². The highest BCUT2D eigenvalue weighted by Crippen LogP contribution is 2.12. The van der Waals surface area contributed by atoms with E-state index < -0.39 is 0 Å². The van der Waals surface area contributed by atoms with Gasteiger partial charge in [-0.15, -0.1) is 0 Å². The van der Waals surface area contributed by atoms with Crippen LogP contribution in [0.3, 0.4) is 0 Å². The highest BCUT2D eigenvalue weighted by Gasteiger charge is 2.04. The number of benzene rings is 1. The first-order valence-electron chi connectivity index (χ1n) is 7.21. The van der Waals surface area contributed by atoms with Gasteiger partial charge in [-0.2, -0.15) is 0 Å². The Kier molecular flexibility index (Phi) is 5.56. The van der Waals surface area contributed by atoms with Crippen LogP contribution in [0.25, 0.3) is 0 Å². The third kappa shape index (κ3) is 4.35. The number of pyridine rings is 1. The van der Waals surface area contributed by atoms with Gasteiger partial charge in [0.1, 0.15) is 0 Å². The van der Waals surface area contributed by atoms with E-state index in [9.17, 15) is 0 Å². The van der Waals surface area contributed by atoms with Crippen LogP contribution in [0.5, 0.6) is 0 Å². The maximum atomic E-state index is 4.38. The lowest BCUT2D eigenvalue weighted by Crippen LogP contribution is -2.29. The monoisotopic (exact) mass is 269 g/mol. The molecular weight excluding hydrogens is 246 g/mol. The molecule has 3 heteroatoms. The molecule has 0 saturated carbocycles. The molecule has 0 bridgehead atoms. The highest BCUT2D eigenvalue weighted by atomic mass is 15.1. The molecule has 1 aromatic carbocycles. The van der Waals surface area contributed by atoms with Gasteiger partial charge < -0.3 is 5.32 Å². The second-order valence-corrected chi connectivity index (χ2v) is 4.93. The van der Waals surface area contributed by atoms with E-state index in [0.717, 1.165) is 31.9 Å². The smallest absolute Gasteiger partial charge is 0.0543 e. The Morgan fingerprint density at radius 2 is 1.90 bits per heavy atom. The molecule has 1 aromatic heterocycles. The molecule has 0 spiro atoms. The van der Waals surface area contributed by atoms with E-state index in [1.54, 1.807) is 0 Å². The van der Waals surface area contributed by atoms with E-state index >= 15 is 0 Å². The third-order valence-corrected chi connectivity index (χ3v) is 3.45. The zero-order valence-electron chi connectivity index (χ0n) is 12.3. The zero-order chi connectivity index (χ0) is 14.2. The standard InChI is InChI=1S/C17H23N3/c1-3-20(14-16-9-6-7-11-18-16)13-12-19-17-10-5-4-8-15(17)2/h4-11,19H,3,12-14H2,1-2H3. The maximum absolute atomic E-state index is 4.38. The molecule has 1 N–H and O–H groups in total. The Morgan fingerprint density at radius 3 is 2.60 bits per heavy atom. The average Bonchev–Trinajstić information content (AvgIpc) is 2.49. The molecule has 2 aromatic rings. The average molecular weight is 269 g/mol. The van der Waals surface area contributed by atoms with Crippen molar-refractivity contribution in [2.24, 2.45) is 0 Å². The normalized spacial score (nSPS) is 10.8. The number of rotatable bonds is 7. The third-order valence-electron chi connectivity index (χ3n) is 3.45. The van der Waals surface area contributed by atoms with Crippen LogP contribution in [0.4, 0.5) is 5.69 Å². The minimum absolute atomic E-state index is 0.910. The van der Waals surface area contributed by atoms with Crippen molar-refractivity contribution in [2.45, 2.75) is 20.4 Å². The minimum Gasteiger partial charge on any atom is -0.384 e. The summed E-state index contributed by atoms with van der Waals surface area (Å²) in [6.07, 6.45) is 1.86. The van der Waals surface area contributed by atoms with Crippen LogP contribution >= 0.6 is 0 Å². The summed E-state index contributed by atoms with van der Waals surface area (Å²) in [6, 6.07) is 14.5. The number of aryl methyl sites for hydroxylation is 1. The van der Waals surface area contributed by atoms with Crippen molar-refractivity contribution in [1.29, 1.82) is 0 Å². The van der Waals surface area contributed by atoms with Crippen LogP contribution in [-0.2, 0) is 6.54 Å². The minimum atomic E-state index is 0.910. The first-order chi connectivity index (χ1) is 9.79. The second-order valence-electron chi connectivity index (χ2n) is 4.93.